The molecule has 28 heavy (non-hydrogen) atoms. The van der Waals surface area contributed by atoms with Crippen molar-refractivity contribution in [2.24, 2.45) is 5.92 Å². The zero-order valence-electron chi connectivity index (χ0n) is 16.8. The molecule has 2 aliphatic heterocycles. The monoisotopic (exact) mass is 388 g/mol. The van der Waals surface area contributed by atoms with Gasteiger partial charge < -0.3 is 9.64 Å². The lowest BCUT2D eigenvalue weighted by atomic mass is 10.2. The van der Waals surface area contributed by atoms with Crippen molar-refractivity contribution < 1.29 is 19.1 Å². The van der Waals surface area contributed by atoms with Crippen molar-refractivity contribution in [2.45, 2.75) is 20.4 Å². The second-order valence-electron chi connectivity index (χ2n) is 7.75. The molecule has 1 aromatic rings. The van der Waals surface area contributed by atoms with Crippen LogP contribution in [-0.4, -0.2) is 79.1 Å². The smallest absolute Gasteiger partial charge is 0.335 e. The largest absolute Gasteiger partial charge is 0.378 e. The van der Waals surface area contributed by atoms with E-state index in [1.807, 2.05) is 37.9 Å². The number of anilines is 1. The molecule has 0 aromatic heterocycles. The number of urea groups is 1. The van der Waals surface area contributed by atoms with E-state index in [-0.39, 0.29) is 19.1 Å². The van der Waals surface area contributed by atoms with Gasteiger partial charge in [0.05, 0.1) is 19.9 Å². The summed E-state index contributed by atoms with van der Waals surface area (Å²) in [5.41, 5.74) is 2.23. The van der Waals surface area contributed by atoms with Crippen molar-refractivity contribution >= 4 is 23.5 Å². The van der Waals surface area contributed by atoms with Crippen LogP contribution in [0.15, 0.2) is 24.3 Å². The molecule has 0 saturated carbocycles. The maximum Gasteiger partial charge on any atom is 0.335 e. The number of hydrogen-bond donors (Lipinski definition) is 0. The highest BCUT2D eigenvalue weighted by molar-refractivity contribution is 6.44. The van der Waals surface area contributed by atoms with Gasteiger partial charge in [0, 0.05) is 31.9 Å². The summed E-state index contributed by atoms with van der Waals surface area (Å²) in [5.74, 6) is -1.37. The summed E-state index contributed by atoms with van der Waals surface area (Å²) < 4.78 is 5.38. The first-order chi connectivity index (χ1) is 13.4. The summed E-state index contributed by atoms with van der Waals surface area (Å²) in [7, 11) is 1.83. The first-order valence-electron chi connectivity index (χ1n) is 9.64. The van der Waals surface area contributed by atoms with Gasteiger partial charge in [0.15, 0.2) is 0 Å². The van der Waals surface area contributed by atoms with Crippen LogP contribution >= 0.6 is 0 Å². The van der Waals surface area contributed by atoms with Gasteiger partial charge in [-0.05, 0) is 30.7 Å². The molecular weight excluding hydrogens is 360 g/mol. The number of nitrogens with zero attached hydrogens (tertiary/aromatic N) is 4. The van der Waals surface area contributed by atoms with Crippen LogP contribution in [0.2, 0.25) is 0 Å². The van der Waals surface area contributed by atoms with E-state index in [1.165, 1.54) is 0 Å². The summed E-state index contributed by atoms with van der Waals surface area (Å²) in [5, 5.41) is 0. The Bertz CT molecular complexity index is 728. The van der Waals surface area contributed by atoms with Gasteiger partial charge in [-0.25, -0.2) is 9.69 Å². The maximum atomic E-state index is 12.4. The summed E-state index contributed by atoms with van der Waals surface area (Å²) in [6, 6.07) is 7.72. The number of rotatable bonds is 7. The van der Waals surface area contributed by atoms with E-state index in [0.717, 1.165) is 47.4 Å². The second-order valence-corrected chi connectivity index (χ2v) is 7.75. The zero-order valence-corrected chi connectivity index (χ0v) is 16.8. The molecule has 4 amide bonds. The number of imide groups is 2. The SMILES string of the molecule is CC(C)CN1C(=O)C(=O)N(CN(C)Cc2ccc(N3CCOCC3)cc2)C1=O. The van der Waals surface area contributed by atoms with Crippen molar-refractivity contribution in [3.8, 4) is 0 Å². The highest BCUT2D eigenvalue weighted by Crippen LogP contribution is 2.18. The summed E-state index contributed by atoms with van der Waals surface area (Å²) >= 11 is 0. The number of morpholine rings is 1. The fraction of sp³-hybridized carbons (Fsp3) is 0.550. The van der Waals surface area contributed by atoms with Crippen molar-refractivity contribution in [3.05, 3.63) is 29.8 Å². The number of hydrogen-bond acceptors (Lipinski definition) is 6. The number of carbonyl (C=O) groups excluding carboxylic acids is 3. The van der Waals surface area contributed by atoms with Gasteiger partial charge >= 0.3 is 17.8 Å². The molecule has 8 nitrogen and oxygen atoms in total. The fourth-order valence-electron chi connectivity index (χ4n) is 3.44. The zero-order chi connectivity index (χ0) is 20.3. The molecular formula is C20H28N4O4. The molecule has 2 aliphatic rings. The Morgan fingerprint density at radius 2 is 1.61 bits per heavy atom. The van der Waals surface area contributed by atoms with E-state index in [1.54, 1.807) is 0 Å². The lowest BCUT2D eigenvalue weighted by molar-refractivity contribution is -0.144. The van der Waals surface area contributed by atoms with Crippen molar-refractivity contribution in [1.82, 2.24) is 14.7 Å². The Morgan fingerprint density at radius 3 is 2.21 bits per heavy atom. The lowest BCUT2D eigenvalue weighted by Gasteiger charge is -2.29. The maximum absolute atomic E-state index is 12.4. The highest BCUT2D eigenvalue weighted by Gasteiger charge is 2.44. The minimum absolute atomic E-state index is 0.0865. The first-order valence-corrected chi connectivity index (χ1v) is 9.64. The molecule has 2 heterocycles. The lowest BCUT2D eigenvalue weighted by Crippen LogP contribution is -2.41. The molecule has 8 heteroatoms. The normalized spacial score (nSPS) is 18.2. The molecule has 0 aliphatic carbocycles. The molecule has 3 rings (SSSR count). The van der Waals surface area contributed by atoms with E-state index in [4.69, 9.17) is 4.74 Å². The molecule has 0 N–H and O–H groups in total. The third-order valence-electron chi connectivity index (χ3n) is 4.83. The molecule has 152 valence electrons. The minimum atomic E-state index is -0.750. The molecule has 2 saturated heterocycles. The fourth-order valence-corrected chi connectivity index (χ4v) is 3.44. The van der Waals surface area contributed by atoms with Crippen LogP contribution in [0.4, 0.5) is 10.5 Å². The Morgan fingerprint density at radius 1 is 1.00 bits per heavy atom. The van der Waals surface area contributed by atoms with Gasteiger partial charge in [-0.3, -0.25) is 19.4 Å². The van der Waals surface area contributed by atoms with Crippen LogP contribution in [0.1, 0.15) is 19.4 Å². The Hall–Kier alpha value is -2.45. The van der Waals surface area contributed by atoms with Crippen LogP contribution in [0, 0.1) is 5.92 Å². The van der Waals surface area contributed by atoms with Crippen molar-refractivity contribution in [1.29, 1.82) is 0 Å². The molecule has 2 fully saturated rings. The number of carbonyl (C=O) groups is 3. The highest BCUT2D eigenvalue weighted by atomic mass is 16.5. The van der Waals surface area contributed by atoms with E-state index >= 15 is 0 Å². The average Bonchev–Trinajstić information content (AvgIpc) is 2.87. The van der Waals surface area contributed by atoms with Gasteiger partial charge in [0.2, 0.25) is 0 Å². The van der Waals surface area contributed by atoms with E-state index in [9.17, 15) is 14.4 Å². The van der Waals surface area contributed by atoms with E-state index in [0.29, 0.717) is 6.54 Å². The van der Waals surface area contributed by atoms with Gasteiger partial charge in [-0.1, -0.05) is 26.0 Å². The number of ether oxygens (including phenoxy) is 1. The van der Waals surface area contributed by atoms with Crippen molar-refractivity contribution in [3.63, 3.8) is 0 Å². The van der Waals surface area contributed by atoms with E-state index < -0.39 is 17.8 Å². The van der Waals surface area contributed by atoms with Gasteiger partial charge in [0.1, 0.15) is 0 Å². The molecule has 0 bridgehead atoms. The predicted octanol–water partition coefficient (Wildman–Crippen LogP) is 1.36. The topological polar surface area (TPSA) is 73.4 Å². The standard InChI is InChI=1S/C20H28N4O4/c1-15(2)12-23-18(25)19(26)24(20(23)27)14-21(3)13-16-4-6-17(7-5-16)22-8-10-28-11-9-22/h4-7,15H,8-14H2,1-3H3. The Balaban J connectivity index is 1.57. The molecule has 0 atom stereocenters. The van der Waals surface area contributed by atoms with Crippen LogP contribution in [-0.2, 0) is 20.9 Å². The number of benzene rings is 1. The first kappa shape index (κ1) is 20.3. The van der Waals surface area contributed by atoms with Gasteiger partial charge in [-0.2, -0.15) is 0 Å². The second kappa shape index (κ2) is 8.70. The summed E-state index contributed by atoms with van der Waals surface area (Å²) in [6.45, 7) is 7.98. The summed E-state index contributed by atoms with van der Waals surface area (Å²) in [6.07, 6.45) is 0. The Labute approximate surface area is 165 Å². The molecule has 0 radical (unpaired) electrons. The van der Waals surface area contributed by atoms with Crippen LogP contribution < -0.4 is 4.90 Å². The third-order valence-corrected chi connectivity index (χ3v) is 4.83. The molecule has 1 aromatic carbocycles. The molecule has 0 spiro atoms. The Kier molecular flexibility index (Phi) is 6.31. The number of amides is 4. The van der Waals surface area contributed by atoms with E-state index in [2.05, 4.69) is 17.0 Å². The van der Waals surface area contributed by atoms with Crippen LogP contribution in [0.25, 0.3) is 0 Å². The quantitative estimate of drug-likeness (QED) is 0.519. The van der Waals surface area contributed by atoms with Crippen molar-refractivity contribution in [2.75, 3.05) is 51.5 Å². The van der Waals surface area contributed by atoms with Gasteiger partial charge in [-0.15, -0.1) is 0 Å². The van der Waals surface area contributed by atoms with Gasteiger partial charge in [0.25, 0.3) is 0 Å². The minimum Gasteiger partial charge on any atom is -0.378 e. The average molecular weight is 388 g/mol. The van der Waals surface area contributed by atoms with Crippen LogP contribution in [0.5, 0.6) is 0 Å². The third kappa shape index (κ3) is 4.51. The predicted molar refractivity (Wildman–Crippen MR) is 105 cm³/mol. The molecule has 0 unspecified atom stereocenters. The van der Waals surface area contributed by atoms with Crippen LogP contribution in [0.3, 0.4) is 0 Å². The summed E-state index contributed by atoms with van der Waals surface area (Å²) in [4.78, 5) is 42.9.